The van der Waals surface area contributed by atoms with Gasteiger partial charge in [0.05, 0.1) is 27.2 Å². The molecule has 3 rings (SSSR count). The minimum Gasteiger partial charge on any atom is -0.478 e. The van der Waals surface area contributed by atoms with Crippen LogP contribution in [0.25, 0.3) is 10.9 Å². The van der Waals surface area contributed by atoms with E-state index in [0.29, 0.717) is 11.5 Å². The van der Waals surface area contributed by atoms with Crippen molar-refractivity contribution < 1.29 is 9.90 Å². The van der Waals surface area contributed by atoms with Gasteiger partial charge >= 0.3 is 5.97 Å². The lowest BCUT2D eigenvalue weighted by atomic mass is 9.84. The quantitative estimate of drug-likeness (QED) is 0.881. The zero-order valence-electron chi connectivity index (χ0n) is 10.6. The Hall–Kier alpha value is -1.29. The molecule has 100 valence electrons. The molecule has 1 aromatic carbocycles. The molecule has 1 aromatic heterocycles. The summed E-state index contributed by atoms with van der Waals surface area (Å²) in [7, 11) is 0. The van der Waals surface area contributed by atoms with Crippen molar-refractivity contribution in [1.82, 2.24) is 3.59 Å². The Morgan fingerprint density at radius 3 is 2.68 bits per heavy atom. The summed E-state index contributed by atoms with van der Waals surface area (Å²) >= 11 is 3.49. The predicted octanol–water partition coefficient (Wildman–Crippen LogP) is 4.55. The van der Waals surface area contributed by atoms with Crippen LogP contribution in [0.2, 0.25) is 0 Å². The first-order chi connectivity index (χ1) is 9.16. The third-order valence-corrected chi connectivity index (χ3v) is 4.67. The molecule has 0 spiro atoms. The molecule has 1 aliphatic rings. The summed E-state index contributed by atoms with van der Waals surface area (Å²) in [6.07, 6.45) is 8.53. The maximum atomic E-state index is 11.0. The molecular weight excluding hydrogens is 306 g/mol. The largest absolute Gasteiger partial charge is 0.478 e. The van der Waals surface area contributed by atoms with Crippen molar-refractivity contribution in [2.24, 2.45) is 0 Å². The highest BCUT2D eigenvalue weighted by molar-refractivity contribution is 9.08. The molecule has 1 fully saturated rings. The second-order valence-corrected chi connectivity index (χ2v) is 6.03. The van der Waals surface area contributed by atoms with E-state index in [0.717, 1.165) is 5.52 Å². The second kappa shape index (κ2) is 5.00. The first-order valence-electron chi connectivity index (χ1n) is 6.71. The molecule has 4 heteroatoms. The topological polar surface area (TPSA) is 42.2 Å². The molecule has 0 atom stereocenters. The Morgan fingerprint density at radius 1 is 1.26 bits per heavy atom. The number of carbonyl (C=O) groups is 1. The fourth-order valence-electron chi connectivity index (χ4n) is 3.09. The van der Waals surface area contributed by atoms with Crippen LogP contribution in [0.3, 0.4) is 0 Å². The van der Waals surface area contributed by atoms with Crippen LogP contribution in [0.1, 0.15) is 53.9 Å². The van der Waals surface area contributed by atoms with Crippen LogP contribution in [0, 0.1) is 0 Å². The van der Waals surface area contributed by atoms with Gasteiger partial charge in [0.25, 0.3) is 0 Å². The Bertz CT molecular complexity index is 626. The number of aromatic carboxylic acids is 1. The molecule has 0 unspecified atom stereocenters. The summed E-state index contributed by atoms with van der Waals surface area (Å²) in [5, 5.41) is 10.2. The van der Waals surface area contributed by atoms with Gasteiger partial charge in [-0.3, -0.25) is 3.59 Å². The van der Waals surface area contributed by atoms with E-state index >= 15 is 0 Å². The molecule has 0 amide bonds. The Labute approximate surface area is 120 Å². The number of nitrogens with zero attached hydrogens (tertiary/aromatic N) is 1. The lowest BCUT2D eigenvalue weighted by molar-refractivity contribution is 0.0697. The highest BCUT2D eigenvalue weighted by Crippen LogP contribution is 2.38. The summed E-state index contributed by atoms with van der Waals surface area (Å²) in [4.78, 5) is 11.0. The average Bonchev–Trinajstić information content (AvgIpc) is 2.77. The number of hydrogen-bond donors (Lipinski definition) is 1. The van der Waals surface area contributed by atoms with Gasteiger partial charge in [0.1, 0.15) is 0 Å². The molecular formula is C15H16BrNO2. The number of hydrogen-bond acceptors (Lipinski definition) is 1. The van der Waals surface area contributed by atoms with E-state index in [4.69, 9.17) is 5.11 Å². The number of carboxylic acid groups (broad SMARTS) is 1. The predicted molar refractivity (Wildman–Crippen MR) is 79.0 cm³/mol. The van der Waals surface area contributed by atoms with E-state index in [2.05, 4.69) is 22.3 Å². The minimum atomic E-state index is -0.880. The van der Waals surface area contributed by atoms with Crippen molar-refractivity contribution in [3.63, 3.8) is 0 Å². The van der Waals surface area contributed by atoms with E-state index < -0.39 is 5.97 Å². The number of rotatable bonds is 2. The molecule has 2 aromatic rings. The van der Waals surface area contributed by atoms with Crippen molar-refractivity contribution in [2.45, 2.75) is 38.0 Å². The zero-order chi connectivity index (χ0) is 13.4. The maximum Gasteiger partial charge on any atom is 0.335 e. The number of halogens is 1. The van der Waals surface area contributed by atoms with Crippen LogP contribution in [0.5, 0.6) is 0 Å². The molecule has 0 saturated heterocycles. The Morgan fingerprint density at radius 2 is 2.00 bits per heavy atom. The van der Waals surface area contributed by atoms with E-state index in [-0.39, 0.29) is 0 Å². The van der Waals surface area contributed by atoms with Gasteiger partial charge in [0, 0.05) is 11.6 Å². The Balaban J connectivity index is 2.08. The number of carboxylic acids is 1. The summed E-state index contributed by atoms with van der Waals surface area (Å²) in [5.41, 5.74) is 2.63. The molecule has 0 bridgehead atoms. The highest BCUT2D eigenvalue weighted by atomic mass is 79.9. The van der Waals surface area contributed by atoms with Gasteiger partial charge in [-0.15, -0.1) is 0 Å². The number of fused-ring (bicyclic) bond motifs is 1. The van der Waals surface area contributed by atoms with E-state index in [1.165, 1.54) is 43.1 Å². The standard InChI is InChI=1S/C15H16BrNO2/c16-17-9-13(10-4-2-1-3-5-10)12-7-6-11(15(18)19)8-14(12)17/h6-10H,1-5H2,(H,18,19). The third kappa shape index (κ3) is 2.29. The summed E-state index contributed by atoms with van der Waals surface area (Å²) in [6.45, 7) is 0. The van der Waals surface area contributed by atoms with Gasteiger partial charge in [-0.2, -0.15) is 0 Å². The second-order valence-electron chi connectivity index (χ2n) is 5.27. The van der Waals surface area contributed by atoms with Crippen molar-refractivity contribution in [1.29, 1.82) is 0 Å². The molecule has 3 nitrogen and oxygen atoms in total. The lowest BCUT2D eigenvalue weighted by Gasteiger charge is -2.21. The fourth-order valence-corrected chi connectivity index (χ4v) is 3.60. The molecule has 1 heterocycles. The van der Waals surface area contributed by atoms with E-state index in [9.17, 15) is 4.79 Å². The molecule has 1 saturated carbocycles. The summed E-state index contributed by atoms with van der Waals surface area (Å²) < 4.78 is 1.87. The van der Waals surface area contributed by atoms with Crippen LogP contribution in [-0.4, -0.2) is 14.7 Å². The van der Waals surface area contributed by atoms with Gasteiger partial charge in [0.15, 0.2) is 0 Å². The normalized spacial score (nSPS) is 16.9. The molecule has 0 aliphatic heterocycles. The van der Waals surface area contributed by atoms with Crippen molar-refractivity contribution in [3.05, 3.63) is 35.5 Å². The van der Waals surface area contributed by atoms with Crippen LogP contribution < -0.4 is 0 Å². The molecule has 19 heavy (non-hydrogen) atoms. The van der Waals surface area contributed by atoms with E-state index in [1.807, 2.05) is 9.66 Å². The van der Waals surface area contributed by atoms with Crippen LogP contribution in [-0.2, 0) is 0 Å². The van der Waals surface area contributed by atoms with Gasteiger partial charge in [-0.1, -0.05) is 25.3 Å². The molecule has 0 radical (unpaired) electrons. The molecule has 1 N–H and O–H groups in total. The van der Waals surface area contributed by atoms with Gasteiger partial charge < -0.3 is 5.11 Å². The van der Waals surface area contributed by atoms with E-state index in [1.54, 1.807) is 12.1 Å². The van der Waals surface area contributed by atoms with Crippen LogP contribution >= 0.6 is 16.1 Å². The van der Waals surface area contributed by atoms with Crippen molar-refractivity contribution in [2.75, 3.05) is 0 Å². The smallest absolute Gasteiger partial charge is 0.335 e. The molecule has 1 aliphatic carbocycles. The van der Waals surface area contributed by atoms with Gasteiger partial charge in [-0.05, 0) is 36.5 Å². The first-order valence-corrected chi connectivity index (χ1v) is 7.42. The van der Waals surface area contributed by atoms with Crippen molar-refractivity contribution >= 4 is 33.0 Å². The monoisotopic (exact) mass is 321 g/mol. The zero-order valence-corrected chi connectivity index (χ0v) is 12.2. The SMILES string of the molecule is O=C(O)c1ccc2c(C3CCCCC3)cn(Br)c2c1. The van der Waals surface area contributed by atoms with Crippen LogP contribution in [0.4, 0.5) is 0 Å². The number of benzene rings is 1. The fraction of sp³-hybridized carbons (Fsp3) is 0.400. The highest BCUT2D eigenvalue weighted by Gasteiger charge is 2.20. The maximum absolute atomic E-state index is 11.0. The minimum absolute atomic E-state index is 0.335. The summed E-state index contributed by atoms with van der Waals surface area (Å²) in [6, 6.07) is 5.38. The summed E-state index contributed by atoms with van der Waals surface area (Å²) in [5.74, 6) is -0.263. The third-order valence-electron chi connectivity index (χ3n) is 4.08. The van der Waals surface area contributed by atoms with Gasteiger partial charge in [0.2, 0.25) is 0 Å². The van der Waals surface area contributed by atoms with Crippen molar-refractivity contribution in [3.8, 4) is 0 Å². The average molecular weight is 322 g/mol. The lowest BCUT2D eigenvalue weighted by Crippen LogP contribution is -2.03. The van der Waals surface area contributed by atoms with Gasteiger partial charge in [-0.25, -0.2) is 4.79 Å². The van der Waals surface area contributed by atoms with Crippen LogP contribution in [0.15, 0.2) is 24.4 Å². The Kier molecular flexibility index (Phi) is 3.35. The number of aromatic nitrogens is 1. The first kappa shape index (κ1) is 12.7.